The summed E-state index contributed by atoms with van der Waals surface area (Å²) in [6, 6.07) is 6.44. The zero-order chi connectivity index (χ0) is 13.9. The van der Waals surface area contributed by atoms with Crippen molar-refractivity contribution < 1.29 is 12.8 Å². The molecular weight excluding hydrogens is 266 g/mol. The number of pyridine rings is 1. The van der Waals surface area contributed by atoms with Gasteiger partial charge in [0.15, 0.2) is 0 Å². The van der Waals surface area contributed by atoms with Gasteiger partial charge in [0.25, 0.3) is 0 Å². The van der Waals surface area contributed by atoms with Crippen molar-refractivity contribution in [1.29, 1.82) is 0 Å². The molecule has 2 aromatic rings. The van der Waals surface area contributed by atoms with Gasteiger partial charge >= 0.3 is 0 Å². The second-order valence-corrected chi connectivity index (χ2v) is 5.73. The molecular formula is C12H15N3O3S. The highest BCUT2D eigenvalue weighted by molar-refractivity contribution is 7.89. The Morgan fingerprint density at radius 3 is 2.74 bits per heavy atom. The molecule has 7 heteroatoms. The molecule has 19 heavy (non-hydrogen) atoms. The van der Waals surface area contributed by atoms with Crippen molar-refractivity contribution in [2.45, 2.75) is 18.4 Å². The highest BCUT2D eigenvalue weighted by atomic mass is 32.2. The van der Waals surface area contributed by atoms with Crippen LogP contribution in [0.15, 0.2) is 39.8 Å². The van der Waals surface area contributed by atoms with Crippen molar-refractivity contribution in [3.05, 3.63) is 42.0 Å². The molecule has 2 rings (SSSR count). The van der Waals surface area contributed by atoms with E-state index in [0.717, 1.165) is 5.76 Å². The lowest BCUT2D eigenvalue weighted by molar-refractivity contribution is 0.475. The van der Waals surface area contributed by atoms with E-state index >= 15 is 0 Å². The monoisotopic (exact) mass is 281 g/mol. The lowest BCUT2D eigenvalue weighted by Crippen LogP contribution is -2.23. The van der Waals surface area contributed by atoms with E-state index < -0.39 is 10.0 Å². The van der Waals surface area contributed by atoms with Gasteiger partial charge in [0.2, 0.25) is 10.0 Å². The summed E-state index contributed by atoms with van der Waals surface area (Å²) in [5, 5.41) is 2.79. The summed E-state index contributed by atoms with van der Waals surface area (Å²) in [5.41, 5.74) is 0. The van der Waals surface area contributed by atoms with Crippen LogP contribution in [0.4, 0.5) is 5.82 Å². The Morgan fingerprint density at radius 1 is 1.32 bits per heavy atom. The Labute approximate surface area is 111 Å². The van der Waals surface area contributed by atoms with Crippen LogP contribution >= 0.6 is 0 Å². The van der Waals surface area contributed by atoms with Gasteiger partial charge in [0, 0.05) is 19.3 Å². The maximum atomic E-state index is 12.1. The van der Waals surface area contributed by atoms with Gasteiger partial charge in [-0.2, -0.15) is 0 Å². The van der Waals surface area contributed by atoms with Crippen LogP contribution in [0.5, 0.6) is 0 Å². The number of hydrogen-bond donors (Lipinski definition) is 2. The van der Waals surface area contributed by atoms with E-state index in [1.807, 2.05) is 0 Å². The Kier molecular flexibility index (Phi) is 3.87. The zero-order valence-electron chi connectivity index (χ0n) is 10.7. The first-order valence-corrected chi connectivity index (χ1v) is 7.18. The normalized spacial score (nSPS) is 11.5. The number of rotatable bonds is 5. The Hall–Kier alpha value is -1.86. The minimum atomic E-state index is -3.57. The molecule has 0 amide bonds. The van der Waals surface area contributed by atoms with Crippen molar-refractivity contribution in [2.24, 2.45) is 0 Å². The van der Waals surface area contributed by atoms with Gasteiger partial charge in [-0.3, -0.25) is 0 Å². The molecule has 0 aliphatic carbocycles. The van der Waals surface area contributed by atoms with Gasteiger partial charge in [-0.25, -0.2) is 18.1 Å². The number of hydrogen-bond acceptors (Lipinski definition) is 5. The van der Waals surface area contributed by atoms with Crippen LogP contribution in [0, 0.1) is 6.92 Å². The average Bonchev–Trinajstić information content (AvgIpc) is 2.82. The number of aromatic nitrogens is 1. The molecule has 6 nitrogen and oxygen atoms in total. The van der Waals surface area contributed by atoms with E-state index in [-0.39, 0.29) is 11.4 Å². The van der Waals surface area contributed by atoms with Crippen LogP contribution in [-0.4, -0.2) is 20.4 Å². The number of furan rings is 1. The summed E-state index contributed by atoms with van der Waals surface area (Å²) in [5.74, 6) is 1.82. The highest BCUT2D eigenvalue weighted by Crippen LogP contribution is 2.13. The second kappa shape index (κ2) is 5.41. The third kappa shape index (κ3) is 3.33. The van der Waals surface area contributed by atoms with Crippen molar-refractivity contribution in [1.82, 2.24) is 9.71 Å². The maximum absolute atomic E-state index is 12.1. The van der Waals surface area contributed by atoms with Gasteiger partial charge in [0.1, 0.15) is 17.3 Å². The topological polar surface area (TPSA) is 84.2 Å². The smallest absolute Gasteiger partial charge is 0.241 e. The van der Waals surface area contributed by atoms with Crippen molar-refractivity contribution in [3.63, 3.8) is 0 Å². The third-order valence-corrected chi connectivity index (χ3v) is 3.93. The van der Waals surface area contributed by atoms with E-state index in [2.05, 4.69) is 15.0 Å². The van der Waals surface area contributed by atoms with Crippen LogP contribution in [0.25, 0.3) is 0 Å². The summed E-state index contributed by atoms with van der Waals surface area (Å²) >= 11 is 0. The molecule has 0 saturated heterocycles. The Morgan fingerprint density at radius 2 is 2.11 bits per heavy atom. The van der Waals surface area contributed by atoms with Crippen LogP contribution in [-0.2, 0) is 16.6 Å². The molecule has 0 bridgehead atoms. The van der Waals surface area contributed by atoms with Crippen molar-refractivity contribution in [2.75, 3.05) is 12.4 Å². The van der Waals surface area contributed by atoms with Gasteiger partial charge in [-0.1, -0.05) is 0 Å². The molecule has 0 aliphatic rings. The van der Waals surface area contributed by atoms with E-state index in [4.69, 9.17) is 4.42 Å². The highest BCUT2D eigenvalue weighted by Gasteiger charge is 2.15. The first-order chi connectivity index (χ1) is 9.01. The number of aryl methyl sites for hydroxylation is 1. The molecule has 2 N–H and O–H groups in total. The summed E-state index contributed by atoms with van der Waals surface area (Å²) in [6.45, 7) is 1.92. The fourth-order valence-electron chi connectivity index (χ4n) is 1.54. The summed E-state index contributed by atoms with van der Waals surface area (Å²) in [4.78, 5) is 4.13. The molecule has 0 unspecified atom stereocenters. The van der Waals surface area contributed by atoms with Gasteiger partial charge in [-0.05, 0) is 25.1 Å². The summed E-state index contributed by atoms with van der Waals surface area (Å²) < 4.78 is 31.9. The predicted molar refractivity (Wildman–Crippen MR) is 71.3 cm³/mol. The van der Waals surface area contributed by atoms with Crippen molar-refractivity contribution >= 4 is 15.8 Å². The average molecular weight is 281 g/mol. The third-order valence-electron chi connectivity index (χ3n) is 2.53. The van der Waals surface area contributed by atoms with Crippen LogP contribution in [0.3, 0.4) is 0 Å². The van der Waals surface area contributed by atoms with Gasteiger partial charge in [0.05, 0.1) is 11.4 Å². The van der Waals surface area contributed by atoms with Crippen LogP contribution < -0.4 is 10.0 Å². The molecule has 102 valence electrons. The van der Waals surface area contributed by atoms with Crippen LogP contribution in [0.1, 0.15) is 11.5 Å². The fraction of sp³-hybridized carbons (Fsp3) is 0.250. The first-order valence-electron chi connectivity index (χ1n) is 5.70. The molecule has 0 aromatic carbocycles. The molecule has 0 saturated carbocycles. The molecule has 0 spiro atoms. The standard InChI is InChI=1S/C12H15N3O3S/c1-9-3-4-10(18-9)8-15-19(16,17)11-5-6-14-12(7-11)13-2/h3-7,15H,8H2,1-2H3,(H,13,14). The lowest BCUT2D eigenvalue weighted by atomic mass is 10.4. The number of nitrogens with zero attached hydrogens (tertiary/aromatic N) is 1. The fourth-order valence-corrected chi connectivity index (χ4v) is 2.55. The summed E-state index contributed by atoms with van der Waals surface area (Å²) in [6.07, 6.45) is 1.44. The second-order valence-electron chi connectivity index (χ2n) is 3.96. The quantitative estimate of drug-likeness (QED) is 0.867. The van der Waals surface area contributed by atoms with Gasteiger partial charge < -0.3 is 9.73 Å². The minimum Gasteiger partial charge on any atom is -0.465 e. The Balaban J connectivity index is 2.13. The minimum absolute atomic E-state index is 0.118. The molecule has 0 radical (unpaired) electrons. The number of anilines is 1. The largest absolute Gasteiger partial charge is 0.465 e. The molecule has 2 aromatic heterocycles. The zero-order valence-corrected chi connectivity index (χ0v) is 11.5. The van der Waals surface area contributed by atoms with E-state index in [9.17, 15) is 8.42 Å². The number of nitrogens with one attached hydrogen (secondary N) is 2. The predicted octanol–water partition coefficient (Wildman–Crippen LogP) is 1.50. The first kappa shape index (κ1) is 13.6. The van der Waals surface area contributed by atoms with E-state index in [1.54, 1.807) is 26.1 Å². The summed E-state index contributed by atoms with van der Waals surface area (Å²) in [7, 11) is -1.89. The van der Waals surface area contributed by atoms with E-state index in [0.29, 0.717) is 11.6 Å². The van der Waals surface area contributed by atoms with Gasteiger partial charge in [-0.15, -0.1) is 0 Å². The number of sulfonamides is 1. The molecule has 0 fully saturated rings. The Bertz CT molecular complexity index is 664. The van der Waals surface area contributed by atoms with E-state index in [1.165, 1.54) is 18.3 Å². The SMILES string of the molecule is CNc1cc(S(=O)(=O)NCc2ccc(C)o2)ccn1. The molecule has 2 heterocycles. The molecule has 0 aliphatic heterocycles. The maximum Gasteiger partial charge on any atom is 0.241 e. The van der Waals surface area contributed by atoms with Crippen LogP contribution in [0.2, 0.25) is 0 Å². The van der Waals surface area contributed by atoms with Crippen molar-refractivity contribution in [3.8, 4) is 0 Å². The lowest BCUT2D eigenvalue weighted by Gasteiger charge is -2.06. The molecule has 0 atom stereocenters.